The Labute approximate surface area is 367 Å². The van der Waals surface area contributed by atoms with Gasteiger partial charge in [0.15, 0.2) is 6.04 Å². The maximum absolute atomic E-state index is 11.2. The molecular weight excluding hydrogens is 775 g/mol. The van der Waals surface area contributed by atoms with E-state index in [4.69, 9.17) is 0 Å². The van der Waals surface area contributed by atoms with Crippen LogP contribution in [0, 0.1) is 0 Å². The van der Waals surface area contributed by atoms with E-state index >= 15 is 0 Å². The third-order valence-corrected chi connectivity index (χ3v) is 8.36. The number of unbranched alkanes of at least 4 members (excludes halogenated alkanes) is 2. The molecule has 0 radical (unpaired) electrons. The van der Waals surface area contributed by atoms with Crippen LogP contribution >= 0.6 is 0 Å². The van der Waals surface area contributed by atoms with Crippen LogP contribution in [0.3, 0.4) is 0 Å². The largest absolute Gasteiger partial charge is 0.550 e. The van der Waals surface area contributed by atoms with E-state index in [-0.39, 0.29) is 30.6 Å². The first-order chi connectivity index (χ1) is 29.2. The van der Waals surface area contributed by atoms with Crippen LogP contribution in [0.1, 0.15) is 124 Å². The van der Waals surface area contributed by atoms with Gasteiger partial charge in [-0.2, -0.15) is 0 Å². The summed E-state index contributed by atoms with van der Waals surface area (Å²) in [5.41, 5.74) is 7.17. The Bertz CT molecular complexity index is 1380. The summed E-state index contributed by atoms with van der Waals surface area (Å²) < 4.78 is 0. The standard InChI is InChI=1S/C20H30O4.C20H32O2.C9H19N3O3/c1-2-18(21)14-11-9-7-5-3-4-6-8-10-12-15-19(22)16-13-17-20(23)24;1-3-5-16-20(22)18-15-13-11-9-7-6-8-10-12-14-17-19(21)4-2;1-6(11)8(13)12-7(9(14)15)4-2-3-5-10/h3-4,7-12,14-15,18-19,21-22H,2,5-6,13,16-17H2,1H3,(H,23,24);6-7,10-15,17-22H,3-5,8-9,16H2,1-2H3;6-7H,2-5,10-11H2,1H3,(H,12,13)(H,14,15)/b4-3-,9-7-,10-8-,14-11+,15-12+;7-6-,12-10-,13-11-,17-14+,18-15+;/t18-,19+;19-,20-;6-,7-/m000/s1. The molecule has 0 aromatic carbocycles. The lowest BCUT2D eigenvalue weighted by molar-refractivity contribution is -0.398. The molecule has 0 bridgehead atoms. The van der Waals surface area contributed by atoms with Crippen molar-refractivity contribution in [3.05, 3.63) is 122 Å². The maximum atomic E-state index is 11.2. The van der Waals surface area contributed by atoms with Crippen LogP contribution in [0.2, 0.25) is 0 Å². The van der Waals surface area contributed by atoms with Gasteiger partial charge in [-0.25, -0.2) is 0 Å². The molecule has 0 aliphatic rings. The zero-order valence-corrected chi connectivity index (χ0v) is 37.6. The van der Waals surface area contributed by atoms with Crippen LogP contribution in [-0.2, 0) is 14.4 Å². The Morgan fingerprint density at radius 2 is 0.951 bits per heavy atom. The second-order valence-corrected chi connectivity index (χ2v) is 14.3. The lowest BCUT2D eigenvalue weighted by Gasteiger charge is -2.19. The first kappa shape index (κ1) is 60.9. The third kappa shape index (κ3) is 49.8. The van der Waals surface area contributed by atoms with Crippen LogP contribution in [-0.4, -0.2) is 81.3 Å². The van der Waals surface area contributed by atoms with Crippen LogP contribution in [0.25, 0.3) is 0 Å². The Hall–Kier alpha value is -4.43. The summed E-state index contributed by atoms with van der Waals surface area (Å²) >= 11 is 0. The minimum absolute atomic E-state index is 0.0189. The molecule has 12 nitrogen and oxygen atoms in total. The zero-order valence-electron chi connectivity index (χ0n) is 37.6. The predicted octanol–water partition coefficient (Wildman–Crippen LogP) is 3.73. The van der Waals surface area contributed by atoms with Crippen molar-refractivity contribution in [2.75, 3.05) is 6.54 Å². The number of carboxylic acids is 2. The summed E-state index contributed by atoms with van der Waals surface area (Å²) in [5, 5.41) is 61.1. The Morgan fingerprint density at radius 1 is 0.557 bits per heavy atom. The Morgan fingerprint density at radius 3 is 1.28 bits per heavy atom. The highest BCUT2D eigenvalue weighted by Gasteiger charge is 2.17. The van der Waals surface area contributed by atoms with Gasteiger partial charge in [0.25, 0.3) is 5.91 Å². The van der Waals surface area contributed by atoms with E-state index in [2.05, 4.69) is 60.2 Å². The maximum Gasteiger partial charge on any atom is 0.278 e. The van der Waals surface area contributed by atoms with Crippen molar-refractivity contribution in [2.24, 2.45) is 0 Å². The Balaban J connectivity index is -0.000000849. The number of hydrogen-bond donors (Lipinski definition) is 7. The van der Waals surface area contributed by atoms with Gasteiger partial charge in [0, 0.05) is 5.97 Å². The highest BCUT2D eigenvalue weighted by Crippen LogP contribution is 2.04. The fourth-order valence-electron chi connectivity index (χ4n) is 4.52. The topological polar surface area (TPSA) is 246 Å². The lowest BCUT2D eigenvalue weighted by Crippen LogP contribution is -2.67. The number of rotatable bonds is 32. The molecule has 0 fully saturated rings. The molecule has 0 saturated heterocycles. The molecule has 0 spiro atoms. The molecule has 61 heavy (non-hydrogen) atoms. The lowest BCUT2D eigenvalue weighted by atomic mass is 10.1. The summed E-state index contributed by atoms with van der Waals surface area (Å²) in [6, 6.07) is -1.37. The van der Waals surface area contributed by atoms with Crippen LogP contribution in [0.5, 0.6) is 0 Å². The van der Waals surface area contributed by atoms with Gasteiger partial charge in [-0.05, 0) is 90.4 Å². The van der Waals surface area contributed by atoms with Crippen molar-refractivity contribution in [2.45, 2.75) is 161 Å². The number of carboxylic acid groups (broad SMARTS) is 2. The van der Waals surface area contributed by atoms with Crippen LogP contribution in [0.15, 0.2) is 122 Å². The van der Waals surface area contributed by atoms with Gasteiger partial charge in [0.05, 0.1) is 43.0 Å². The minimum Gasteiger partial charge on any atom is -0.550 e. The molecule has 0 aromatic rings. The molecule has 346 valence electrons. The Kier molecular flexibility index (Phi) is 46.5. The molecule has 1 amide bonds. The van der Waals surface area contributed by atoms with E-state index in [1.807, 2.05) is 74.6 Å². The summed E-state index contributed by atoms with van der Waals surface area (Å²) in [6.07, 6.45) is 47.7. The van der Waals surface area contributed by atoms with E-state index in [1.165, 1.54) is 0 Å². The number of aliphatic hydroxyl groups excluding tert-OH is 4. The molecule has 0 aliphatic heterocycles. The second kappa shape index (κ2) is 46.6. The van der Waals surface area contributed by atoms with Crippen molar-refractivity contribution in [1.82, 2.24) is 5.32 Å². The molecule has 11 N–H and O–H groups in total. The highest BCUT2D eigenvalue weighted by molar-refractivity contribution is 5.84. The number of aliphatic carboxylic acids is 2. The van der Waals surface area contributed by atoms with Crippen molar-refractivity contribution in [3.8, 4) is 0 Å². The van der Waals surface area contributed by atoms with Gasteiger partial charge in [0.2, 0.25) is 0 Å². The van der Waals surface area contributed by atoms with Gasteiger partial charge in [-0.1, -0.05) is 155 Å². The summed E-state index contributed by atoms with van der Waals surface area (Å²) in [4.78, 5) is 32.1. The fraction of sp³-hybridized carbons (Fsp3) is 0.531. The number of amides is 1. The average molecular weight is 856 g/mol. The number of nitrogens with one attached hydrogen (secondary N) is 1. The van der Waals surface area contributed by atoms with Crippen LogP contribution < -0.4 is 27.0 Å². The normalized spacial score (nSPS) is 15.4. The van der Waals surface area contributed by atoms with Gasteiger partial charge < -0.3 is 57.0 Å². The van der Waals surface area contributed by atoms with E-state index in [9.17, 15) is 45.0 Å². The van der Waals surface area contributed by atoms with Crippen molar-refractivity contribution >= 4 is 17.8 Å². The zero-order chi connectivity index (χ0) is 46.4. The number of aliphatic hydroxyl groups is 4. The molecule has 12 heteroatoms. The number of carbonyl (C=O) groups excluding carboxylic acids is 3. The first-order valence-electron chi connectivity index (χ1n) is 21.9. The summed E-state index contributed by atoms with van der Waals surface area (Å²) in [7, 11) is 0. The van der Waals surface area contributed by atoms with Crippen molar-refractivity contribution in [1.29, 1.82) is 0 Å². The average Bonchev–Trinajstić information content (AvgIpc) is 3.23. The second-order valence-electron chi connectivity index (χ2n) is 14.3. The monoisotopic (exact) mass is 856 g/mol. The fourth-order valence-corrected chi connectivity index (χ4v) is 4.52. The number of hydrogen-bond acceptors (Lipinski definition) is 9. The highest BCUT2D eigenvalue weighted by atomic mass is 16.4. The molecule has 6 atom stereocenters. The van der Waals surface area contributed by atoms with E-state index in [0.29, 0.717) is 25.7 Å². The molecular formula is C49H81N3O9. The van der Waals surface area contributed by atoms with E-state index in [1.54, 1.807) is 31.2 Å². The first-order valence-corrected chi connectivity index (χ1v) is 21.9. The molecule has 0 heterocycles. The molecule has 0 unspecified atom stereocenters. The summed E-state index contributed by atoms with van der Waals surface area (Å²) in [5.74, 6) is -2.69. The van der Waals surface area contributed by atoms with Crippen molar-refractivity contribution < 1.29 is 56.5 Å². The van der Waals surface area contributed by atoms with Gasteiger partial charge in [0.1, 0.15) is 0 Å². The van der Waals surface area contributed by atoms with E-state index in [0.717, 1.165) is 70.8 Å². The summed E-state index contributed by atoms with van der Waals surface area (Å²) in [6.45, 7) is 8.39. The van der Waals surface area contributed by atoms with Crippen molar-refractivity contribution in [3.63, 3.8) is 0 Å². The number of carbonyl (C=O) groups is 3. The van der Waals surface area contributed by atoms with Gasteiger partial charge in [-0.3, -0.25) is 4.79 Å². The number of quaternary nitrogens is 2. The molecule has 0 saturated carbocycles. The molecule has 0 rings (SSSR count). The SMILES string of the molecule is CCCC[C@H](O)/C=C/C=C\C/C=C\C/C=C\C=C\[C@@H](O)CC.CC[C@H](O)/C=C/C=C\C/C=C\C/C=C\C=C\[C@@H](O)CCCC(=O)[O-].C[C@H]([NH3+])C(=O)N[C@@H](CCCC[NH3+])C(=O)[O-]. The minimum atomic E-state index is -1.24. The molecule has 0 aliphatic carbocycles. The van der Waals surface area contributed by atoms with Crippen LogP contribution in [0.4, 0.5) is 0 Å². The predicted molar refractivity (Wildman–Crippen MR) is 244 cm³/mol. The van der Waals surface area contributed by atoms with Gasteiger partial charge >= 0.3 is 0 Å². The quantitative estimate of drug-likeness (QED) is 0.0296. The third-order valence-electron chi connectivity index (χ3n) is 8.36. The smallest absolute Gasteiger partial charge is 0.278 e. The molecule has 0 aromatic heterocycles. The van der Waals surface area contributed by atoms with E-state index < -0.39 is 30.1 Å². The van der Waals surface area contributed by atoms with Gasteiger partial charge in [-0.15, -0.1) is 0 Å². The number of allylic oxidation sites excluding steroid dienone is 16.